The molecule has 1 saturated carbocycles. The molecule has 196 valence electrons. The molecule has 7 nitrogen and oxygen atoms in total. The molecule has 4 N–H and O–H groups in total. The van der Waals surface area contributed by atoms with E-state index in [1.807, 2.05) is 18.0 Å². The minimum atomic E-state index is -1.03. The highest BCUT2D eigenvalue weighted by Crippen LogP contribution is 2.35. The number of rotatable bonds is 11. The standard InChI is InChI=1S/C27H43FN4O3/c1-29-18-24(16-20-8-3-2-4-9-20)31-26(33)32-15-7-11-22(19-32)25(13-6-14-30-27(34)35)21-10-5-12-23(28)17-21/h5,10,12,17,20,22,24-25,29-30H,2-4,6-9,11,13-16,18-19H2,1H3,(H,31,33)(H,34,35)/t22-,24+,25+/m1/s1. The highest BCUT2D eigenvalue weighted by atomic mass is 19.1. The van der Waals surface area contributed by atoms with E-state index < -0.39 is 6.09 Å². The van der Waals surface area contributed by atoms with Crippen LogP contribution >= 0.6 is 0 Å². The molecule has 3 rings (SSSR count). The number of hydrogen-bond donors (Lipinski definition) is 4. The highest BCUT2D eigenvalue weighted by Gasteiger charge is 2.31. The molecule has 3 amide bonds. The summed E-state index contributed by atoms with van der Waals surface area (Å²) in [5.41, 5.74) is 0.929. The number of nitrogens with one attached hydrogen (secondary N) is 3. The maximum absolute atomic E-state index is 14.0. The fourth-order valence-corrected chi connectivity index (χ4v) is 5.98. The third-order valence-corrected chi connectivity index (χ3v) is 7.68. The van der Waals surface area contributed by atoms with Crippen LogP contribution in [0.25, 0.3) is 0 Å². The topological polar surface area (TPSA) is 93.7 Å². The smallest absolute Gasteiger partial charge is 0.404 e. The monoisotopic (exact) mass is 490 g/mol. The molecule has 0 radical (unpaired) electrons. The lowest BCUT2D eigenvalue weighted by molar-refractivity contribution is 0.148. The van der Waals surface area contributed by atoms with E-state index in [2.05, 4.69) is 16.0 Å². The minimum absolute atomic E-state index is 0.00343. The number of hydrogen-bond acceptors (Lipinski definition) is 3. The molecule has 0 bridgehead atoms. The molecule has 1 aromatic carbocycles. The van der Waals surface area contributed by atoms with Crippen molar-refractivity contribution in [1.82, 2.24) is 20.9 Å². The van der Waals surface area contributed by atoms with Gasteiger partial charge in [0.1, 0.15) is 5.82 Å². The zero-order valence-corrected chi connectivity index (χ0v) is 21.1. The van der Waals surface area contributed by atoms with Crippen molar-refractivity contribution in [2.24, 2.45) is 11.8 Å². The first-order valence-corrected chi connectivity index (χ1v) is 13.4. The van der Waals surface area contributed by atoms with Crippen LogP contribution in [0, 0.1) is 17.7 Å². The lowest BCUT2D eigenvalue weighted by atomic mass is 9.78. The minimum Gasteiger partial charge on any atom is -0.465 e. The number of urea groups is 1. The Morgan fingerprint density at radius 3 is 2.69 bits per heavy atom. The molecule has 2 fully saturated rings. The van der Waals surface area contributed by atoms with Crippen molar-refractivity contribution in [1.29, 1.82) is 0 Å². The van der Waals surface area contributed by atoms with E-state index >= 15 is 0 Å². The maximum atomic E-state index is 14.0. The molecule has 8 heteroatoms. The first-order chi connectivity index (χ1) is 17.0. The Bertz CT molecular complexity index is 802. The van der Waals surface area contributed by atoms with Crippen molar-refractivity contribution in [2.45, 2.75) is 76.2 Å². The molecule has 0 aromatic heterocycles. The largest absolute Gasteiger partial charge is 0.465 e. The summed E-state index contributed by atoms with van der Waals surface area (Å²) in [6.07, 6.45) is 9.72. The van der Waals surface area contributed by atoms with Gasteiger partial charge in [0, 0.05) is 32.2 Å². The third kappa shape index (κ3) is 8.98. The Morgan fingerprint density at radius 2 is 1.97 bits per heavy atom. The second kappa shape index (κ2) is 14.3. The van der Waals surface area contributed by atoms with Crippen LogP contribution in [0.1, 0.15) is 75.7 Å². The Balaban J connectivity index is 1.62. The van der Waals surface area contributed by atoms with Crippen LogP contribution in [0.2, 0.25) is 0 Å². The summed E-state index contributed by atoms with van der Waals surface area (Å²) >= 11 is 0. The summed E-state index contributed by atoms with van der Waals surface area (Å²) < 4.78 is 14.0. The van der Waals surface area contributed by atoms with Crippen molar-refractivity contribution in [3.8, 4) is 0 Å². The van der Waals surface area contributed by atoms with Crippen LogP contribution in [-0.2, 0) is 0 Å². The Morgan fingerprint density at radius 1 is 1.17 bits per heavy atom. The summed E-state index contributed by atoms with van der Waals surface area (Å²) in [7, 11) is 1.93. The quantitative estimate of drug-likeness (QED) is 0.331. The number of carbonyl (C=O) groups excluding carboxylic acids is 1. The summed E-state index contributed by atoms with van der Waals surface area (Å²) in [6, 6.07) is 6.83. The first-order valence-electron chi connectivity index (χ1n) is 13.4. The van der Waals surface area contributed by atoms with Crippen molar-refractivity contribution in [3.63, 3.8) is 0 Å². The van der Waals surface area contributed by atoms with Crippen molar-refractivity contribution in [2.75, 3.05) is 33.2 Å². The van der Waals surface area contributed by atoms with E-state index in [9.17, 15) is 14.0 Å². The number of carbonyl (C=O) groups is 2. The number of benzene rings is 1. The molecule has 1 aromatic rings. The zero-order valence-electron chi connectivity index (χ0n) is 21.1. The van der Waals surface area contributed by atoms with Gasteiger partial charge in [0.25, 0.3) is 0 Å². The van der Waals surface area contributed by atoms with Gasteiger partial charge in [0.05, 0.1) is 0 Å². The van der Waals surface area contributed by atoms with Crippen LogP contribution in [-0.4, -0.2) is 61.4 Å². The lowest BCUT2D eigenvalue weighted by Gasteiger charge is -2.38. The van der Waals surface area contributed by atoms with E-state index in [-0.39, 0.29) is 29.7 Å². The SMILES string of the molecule is CNC[C@H](CC1CCCCC1)NC(=O)N1CCC[C@@H]([C@@H](CCCNC(=O)O)c2cccc(F)c2)C1. The van der Waals surface area contributed by atoms with Crippen LogP contribution in [0.3, 0.4) is 0 Å². The fraction of sp³-hybridized carbons (Fsp3) is 0.704. The molecule has 1 aliphatic heterocycles. The van der Waals surface area contributed by atoms with Gasteiger partial charge < -0.3 is 26.0 Å². The number of nitrogens with zero attached hydrogens (tertiary/aromatic N) is 1. The van der Waals surface area contributed by atoms with Gasteiger partial charge in [-0.05, 0) is 74.6 Å². The summed E-state index contributed by atoms with van der Waals surface area (Å²) in [5, 5.41) is 17.8. The molecule has 1 heterocycles. The number of likely N-dealkylation sites (tertiary alicyclic amines) is 1. The van der Waals surface area contributed by atoms with E-state index in [4.69, 9.17) is 5.11 Å². The van der Waals surface area contributed by atoms with Gasteiger partial charge in [-0.3, -0.25) is 0 Å². The normalized spacial score (nSPS) is 20.7. The van der Waals surface area contributed by atoms with Gasteiger partial charge in [0.15, 0.2) is 0 Å². The van der Waals surface area contributed by atoms with Crippen LogP contribution in [0.5, 0.6) is 0 Å². The number of likely N-dealkylation sites (N-methyl/N-ethyl adjacent to an activating group) is 1. The zero-order chi connectivity index (χ0) is 25.0. The van der Waals surface area contributed by atoms with Crippen LogP contribution < -0.4 is 16.0 Å². The molecule has 35 heavy (non-hydrogen) atoms. The number of piperidine rings is 1. The molecule has 0 unspecified atom stereocenters. The van der Waals surface area contributed by atoms with E-state index in [0.29, 0.717) is 25.4 Å². The van der Waals surface area contributed by atoms with Gasteiger partial charge in [0.2, 0.25) is 0 Å². The van der Waals surface area contributed by atoms with Crippen molar-refractivity contribution >= 4 is 12.1 Å². The average molecular weight is 491 g/mol. The van der Waals surface area contributed by atoms with Gasteiger partial charge >= 0.3 is 12.1 Å². The molecule has 1 saturated heterocycles. The summed E-state index contributed by atoms with van der Waals surface area (Å²) in [5.74, 6) is 0.710. The van der Waals surface area contributed by atoms with Gasteiger partial charge in [-0.2, -0.15) is 0 Å². The van der Waals surface area contributed by atoms with Crippen molar-refractivity contribution < 1.29 is 19.1 Å². The molecule has 2 aliphatic rings. The Kier molecular flexibility index (Phi) is 11.1. The summed E-state index contributed by atoms with van der Waals surface area (Å²) in [4.78, 5) is 26.0. The highest BCUT2D eigenvalue weighted by molar-refractivity contribution is 5.74. The van der Waals surface area contributed by atoms with Gasteiger partial charge in [-0.25, -0.2) is 14.0 Å². The number of halogens is 1. The molecule has 0 spiro atoms. The summed E-state index contributed by atoms with van der Waals surface area (Å²) in [6.45, 7) is 2.50. The Labute approximate surface area is 209 Å². The molecule has 1 aliphatic carbocycles. The van der Waals surface area contributed by atoms with Gasteiger partial charge in [-0.1, -0.05) is 44.2 Å². The predicted molar refractivity (Wildman–Crippen MR) is 136 cm³/mol. The first kappa shape index (κ1) is 27.2. The second-order valence-electron chi connectivity index (χ2n) is 10.3. The molecular formula is C27H43FN4O3. The second-order valence-corrected chi connectivity index (χ2v) is 10.3. The van der Waals surface area contributed by atoms with Crippen molar-refractivity contribution in [3.05, 3.63) is 35.6 Å². The van der Waals surface area contributed by atoms with Gasteiger partial charge in [-0.15, -0.1) is 0 Å². The molecular weight excluding hydrogens is 447 g/mol. The lowest BCUT2D eigenvalue weighted by Crippen LogP contribution is -2.51. The van der Waals surface area contributed by atoms with Crippen LogP contribution in [0.4, 0.5) is 14.0 Å². The third-order valence-electron chi connectivity index (χ3n) is 7.68. The fourth-order valence-electron chi connectivity index (χ4n) is 5.98. The van der Waals surface area contributed by atoms with Crippen LogP contribution in [0.15, 0.2) is 24.3 Å². The van der Waals surface area contributed by atoms with E-state index in [1.54, 1.807) is 12.1 Å². The predicted octanol–water partition coefficient (Wildman–Crippen LogP) is 4.94. The van der Waals surface area contributed by atoms with E-state index in [1.165, 1.54) is 38.2 Å². The van der Waals surface area contributed by atoms with E-state index in [0.717, 1.165) is 44.3 Å². The Hall–Kier alpha value is -2.35. The number of carboxylic acid groups (broad SMARTS) is 1. The average Bonchev–Trinajstić information content (AvgIpc) is 2.84. The maximum Gasteiger partial charge on any atom is 0.404 e. The number of amides is 3. The molecule has 3 atom stereocenters.